The molecule has 1 fully saturated rings. The maximum atomic E-state index is 5.65. The number of anilines is 1. The first-order chi connectivity index (χ1) is 8.97. The molecular weight excluding hydrogens is 322 g/mol. The highest BCUT2D eigenvalue weighted by atomic mass is 79.9. The van der Waals surface area contributed by atoms with Crippen molar-refractivity contribution in [2.24, 2.45) is 11.7 Å². The van der Waals surface area contributed by atoms with E-state index in [1.165, 1.54) is 25.2 Å². The summed E-state index contributed by atoms with van der Waals surface area (Å²) in [6, 6.07) is 6.06. The third kappa shape index (κ3) is 3.68. The summed E-state index contributed by atoms with van der Waals surface area (Å²) in [5.41, 5.74) is 7.74. The highest BCUT2D eigenvalue weighted by Gasteiger charge is 2.21. The van der Waals surface area contributed by atoms with Crippen LogP contribution in [0.3, 0.4) is 0 Å². The average Bonchev–Trinajstić information content (AvgIpc) is 2.74. The number of hydrogen-bond donors (Lipinski definition) is 1. The maximum Gasteiger partial charge on any atom is 0.104 e. The molecule has 0 aromatic heterocycles. The Morgan fingerprint density at radius 2 is 2.32 bits per heavy atom. The number of nitrogens with zero attached hydrogens (tertiary/aromatic N) is 2. The number of nitrogens with two attached hydrogens (primary N) is 1. The minimum absolute atomic E-state index is 0.437. The summed E-state index contributed by atoms with van der Waals surface area (Å²) in [7, 11) is 4.33. The smallest absolute Gasteiger partial charge is 0.104 e. The normalized spacial score (nSPS) is 19.6. The van der Waals surface area contributed by atoms with Crippen LogP contribution < -0.4 is 10.6 Å². The summed E-state index contributed by atoms with van der Waals surface area (Å²) in [6.07, 6.45) is 1.28. The minimum atomic E-state index is 0.437. The van der Waals surface area contributed by atoms with Crippen molar-refractivity contribution in [2.45, 2.75) is 6.42 Å². The number of likely N-dealkylation sites (tertiary alicyclic amines) is 1. The first kappa shape index (κ1) is 14.8. The van der Waals surface area contributed by atoms with E-state index in [1.807, 2.05) is 12.1 Å². The molecule has 0 aliphatic carbocycles. The minimum Gasteiger partial charge on any atom is -0.389 e. The zero-order valence-corrected chi connectivity index (χ0v) is 13.8. The molecule has 0 amide bonds. The Morgan fingerprint density at radius 3 is 2.84 bits per heavy atom. The SMILES string of the molecule is CN1CCC(CN(C)c2ccc(C(N)=S)cc2Br)C1. The van der Waals surface area contributed by atoms with E-state index < -0.39 is 0 Å². The lowest BCUT2D eigenvalue weighted by molar-refractivity contribution is 0.396. The van der Waals surface area contributed by atoms with Gasteiger partial charge in [-0.1, -0.05) is 12.2 Å². The van der Waals surface area contributed by atoms with E-state index in [1.54, 1.807) is 0 Å². The Balaban J connectivity index is 2.06. The Kier molecular flexibility index (Phi) is 4.81. The molecule has 0 spiro atoms. The third-order valence-corrected chi connectivity index (χ3v) is 4.54. The van der Waals surface area contributed by atoms with Gasteiger partial charge in [-0.15, -0.1) is 0 Å². The molecule has 0 radical (unpaired) electrons. The zero-order chi connectivity index (χ0) is 14.0. The Morgan fingerprint density at radius 1 is 1.58 bits per heavy atom. The lowest BCUT2D eigenvalue weighted by Gasteiger charge is -2.24. The molecule has 1 unspecified atom stereocenters. The van der Waals surface area contributed by atoms with Gasteiger partial charge in [0, 0.05) is 30.2 Å². The van der Waals surface area contributed by atoms with Crippen LogP contribution in [-0.2, 0) is 0 Å². The van der Waals surface area contributed by atoms with E-state index in [0.29, 0.717) is 4.99 Å². The summed E-state index contributed by atoms with van der Waals surface area (Å²) in [5.74, 6) is 0.747. The summed E-state index contributed by atoms with van der Waals surface area (Å²) in [4.78, 5) is 5.13. The fraction of sp³-hybridized carbons (Fsp3) is 0.500. The van der Waals surface area contributed by atoms with Crippen LogP contribution in [0, 0.1) is 5.92 Å². The predicted molar refractivity (Wildman–Crippen MR) is 88.9 cm³/mol. The third-order valence-electron chi connectivity index (χ3n) is 3.66. The van der Waals surface area contributed by atoms with Crippen LogP contribution in [0.5, 0.6) is 0 Å². The van der Waals surface area contributed by atoms with Crippen LogP contribution in [0.1, 0.15) is 12.0 Å². The fourth-order valence-corrected chi connectivity index (χ4v) is 3.44. The van der Waals surface area contributed by atoms with E-state index >= 15 is 0 Å². The number of benzene rings is 1. The molecule has 1 heterocycles. The van der Waals surface area contributed by atoms with Gasteiger partial charge >= 0.3 is 0 Å². The lowest BCUT2D eigenvalue weighted by atomic mass is 10.1. The Hall–Kier alpha value is -0.650. The standard InChI is InChI=1S/C14H20BrN3S/c1-17-6-5-10(8-17)9-18(2)13-4-3-11(14(16)19)7-12(13)15/h3-4,7,10H,5-6,8-9H2,1-2H3,(H2,16,19). The topological polar surface area (TPSA) is 32.5 Å². The highest BCUT2D eigenvalue weighted by molar-refractivity contribution is 9.10. The van der Waals surface area contributed by atoms with Crippen LogP contribution in [0.15, 0.2) is 22.7 Å². The second-order valence-electron chi connectivity index (χ2n) is 5.33. The van der Waals surface area contributed by atoms with E-state index in [2.05, 4.69) is 45.9 Å². The molecule has 2 N–H and O–H groups in total. The van der Waals surface area contributed by atoms with Gasteiger partial charge in [0.25, 0.3) is 0 Å². The van der Waals surface area contributed by atoms with Gasteiger partial charge in [-0.05, 0) is 60.1 Å². The molecule has 1 saturated heterocycles. The fourth-order valence-electron chi connectivity index (χ4n) is 2.63. The second kappa shape index (κ2) is 6.20. The van der Waals surface area contributed by atoms with Crippen molar-refractivity contribution in [3.8, 4) is 0 Å². The monoisotopic (exact) mass is 341 g/mol. The lowest BCUT2D eigenvalue weighted by Crippen LogP contribution is -2.27. The van der Waals surface area contributed by atoms with Gasteiger partial charge < -0.3 is 15.5 Å². The molecule has 2 rings (SSSR count). The molecule has 1 aliphatic rings. The molecular formula is C14H20BrN3S. The van der Waals surface area contributed by atoms with Crippen molar-refractivity contribution in [3.63, 3.8) is 0 Å². The van der Waals surface area contributed by atoms with Gasteiger partial charge in [-0.2, -0.15) is 0 Å². The van der Waals surface area contributed by atoms with Crippen LogP contribution in [0.4, 0.5) is 5.69 Å². The molecule has 1 aromatic carbocycles. The first-order valence-electron chi connectivity index (χ1n) is 6.46. The average molecular weight is 342 g/mol. The first-order valence-corrected chi connectivity index (χ1v) is 7.66. The van der Waals surface area contributed by atoms with Gasteiger partial charge in [0.2, 0.25) is 0 Å². The molecule has 0 saturated carbocycles. The summed E-state index contributed by atoms with van der Waals surface area (Å²) in [6.45, 7) is 3.47. The number of thiocarbonyl (C=S) groups is 1. The van der Waals surface area contributed by atoms with Crippen molar-refractivity contribution in [3.05, 3.63) is 28.2 Å². The second-order valence-corrected chi connectivity index (χ2v) is 6.62. The quantitative estimate of drug-likeness (QED) is 0.852. The number of hydrogen-bond acceptors (Lipinski definition) is 3. The zero-order valence-electron chi connectivity index (χ0n) is 11.4. The number of halogens is 1. The molecule has 19 heavy (non-hydrogen) atoms. The molecule has 5 heteroatoms. The van der Waals surface area contributed by atoms with Crippen LogP contribution >= 0.6 is 28.1 Å². The predicted octanol–water partition coefficient (Wildman–Crippen LogP) is 2.47. The van der Waals surface area contributed by atoms with Gasteiger partial charge in [-0.3, -0.25) is 0 Å². The Bertz CT molecular complexity index is 478. The van der Waals surface area contributed by atoms with Gasteiger partial charge in [0.1, 0.15) is 4.99 Å². The highest BCUT2D eigenvalue weighted by Crippen LogP contribution is 2.28. The van der Waals surface area contributed by atoms with Crippen LogP contribution in [0.25, 0.3) is 0 Å². The van der Waals surface area contributed by atoms with Gasteiger partial charge in [0.05, 0.1) is 5.69 Å². The van der Waals surface area contributed by atoms with Crippen molar-refractivity contribution in [2.75, 3.05) is 38.6 Å². The van der Waals surface area contributed by atoms with Crippen molar-refractivity contribution < 1.29 is 0 Å². The summed E-state index contributed by atoms with van der Waals surface area (Å²) in [5, 5.41) is 0. The summed E-state index contributed by atoms with van der Waals surface area (Å²) < 4.78 is 1.05. The van der Waals surface area contributed by atoms with Crippen LogP contribution in [0.2, 0.25) is 0 Å². The summed E-state index contributed by atoms with van der Waals surface area (Å²) >= 11 is 8.61. The van der Waals surface area contributed by atoms with Crippen molar-refractivity contribution in [1.82, 2.24) is 4.90 Å². The van der Waals surface area contributed by atoms with E-state index in [4.69, 9.17) is 18.0 Å². The molecule has 104 valence electrons. The molecule has 1 atom stereocenters. The molecule has 1 aliphatic heterocycles. The molecule has 3 nitrogen and oxygen atoms in total. The van der Waals surface area contributed by atoms with Crippen molar-refractivity contribution >= 4 is 38.8 Å². The van der Waals surface area contributed by atoms with Gasteiger partial charge in [-0.25, -0.2) is 0 Å². The largest absolute Gasteiger partial charge is 0.389 e. The van der Waals surface area contributed by atoms with E-state index in [0.717, 1.165) is 22.5 Å². The van der Waals surface area contributed by atoms with Crippen LogP contribution in [-0.4, -0.2) is 43.6 Å². The van der Waals surface area contributed by atoms with Gasteiger partial charge in [0.15, 0.2) is 0 Å². The van der Waals surface area contributed by atoms with E-state index in [-0.39, 0.29) is 0 Å². The van der Waals surface area contributed by atoms with Crippen molar-refractivity contribution in [1.29, 1.82) is 0 Å². The molecule has 0 bridgehead atoms. The van der Waals surface area contributed by atoms with E-state index in [9.17, 15) is 0 Å². The maximum absolute atomic E-state index is 5.65. The Labute approximate surface area is 128 Å². The number of rotatable bonds is 4. The molecule has 1 aromatic rings.